The third-order valence-corrected chi connectivity index (χ3v) is 4.13. The number of hydrazone groups is 1. The molecule has 23 heavy (non-hydrogen) atoms. The first-order chi connectivity index (χ1) is 11.1. The standard InChI is InChI=1S/C17H17BrN4O/c1-12(23)16-20-22(15-6-4-3-5-7-15)17(19-21(16)2)13-8-10-14(18)11-9-13/h3-11,17,19H,1-2H3. The van der Waals surface area contributed by atoms with Crippen LogP contribution in [0.1, 0.15) is 18.7 Å². The first kappa shape index (κ1) is 15.7. The van der Waals surface area contributed by atoms with E-state index < -0.39 is 0 Å². The molecule has 5 nitrogen and oxygen atoms in total. The molecule has 1 unspecified atom stereocenters. The Labute approximate surface area is 143 Å². The van der Waals surface area contributed by atoms with E-state index in [1.54, 1.807) is 12.1 Å². The van der Waals surface area contributed by atoms with Gasteiger partial charge in [-0.1, -0.05) is 46.3 Å². The lowest BCUT2D eigenvalue weighted by molar-refractivity contribution is -0.112. The Morgan fingerprint density at radius 1 is 1.13 bits per heavy atom. The van der Waals surface area contributed by atoms with Crippen LogP contribution in [0.25, 0.3) is 0 Å². The highest BCUT2D eigenvalue weighted by atomic mass is 79.9. The zero-order valence-electron chi connectivity index (χ0n) is 12.9. The fourth-order valence-electron chi connectivity index (χ4n) is 2.48. The van der Waals surface area contributed by atoms with Crippen LogP contribution in [0.5, 0.6) is 0 Å². The summed E-state index contributed by atoms with van der Waals surface area (Å²) in [6.45, 7) is 1.51. The average molecular weight is 373 g/mol. The first-order valence-corrected chi connectivity index (χ1v) is 8.05. The van der Waals surface area contributed by atoms with Crippen molar-refractivity contribution in [2.24, 2.45) is 5.10 Å². The molecule has 0 fully saturated rings. The van der Waals surface area contributed by atoms with Crippen LogP contribution in [-0.4, -0.2) is 23.7 Å². The van der Waals surface area contributed by atoms with Crippen LogP contribution in [-0.2, 0) is 4.79 Å². The number of hydrogen-bond acceptors (Lipinski definition) is 5. The lowest BCUT2D eigenvalue weighted by Crippen LogP contribution is -2.54. The van der Waals surface area contributed by atoms with Crippen molar-refractivity contribution in [3.05, 3.63) is 64.6 Å². The van der Waals surface area contributed by atoms with Crippen LogP contribution in [0.2, 0.25) is 0 Å². The van der Waals surface area contributed by atoms with Crippen molar-refractivity contribution in [1.82, 2.24) is 10.4 Å². The summed E-state index contributed by atoms with van der Waals surface area (Å²) in [5.41, 5.74) is 5.29. The highest BCUT2D eigenvalue weighted by molar-refractivity contribution is 9.10. The number of halogens is 1. The number of carbonyl (C=O) groups excluding carboxylic acids is 1. The number of para-hydroxylation sites is 1. The number of likely N-dealkylation sites (N-methyl/N-ethyl adjacent to an activating group) is 1. The monoisotopic (exact) mass is 372 g/mol. The smallest absolute Gasteiger partial charge is 0.206 e. The van der Waals surface area contributed by atoms with E-state index in [-0.39, 0.29) is 11.9 Å². The molecule has 2 aromatic carbocycles. The van der Waals surface area contributed by atoms with Crippen molar-refractivity contribution >= 4 is 33.2 Å². The molecule has 0 amide bonds. The van der Waals surface area contributed by atoms with Crippen molar-refractivity contribution in [2.45, 2.75) is 13.1 Å². The Morgan fingerprint density at radius 2 is 1.78 bits per heavy atom. The maximum atomic E-state index is 11.8. The number of ketones is 1. The number of hydrazine groups is 1. The third-order valence-electron chi connectivity index (χ3n) is 3.60. The molecule has 1 N–H and O–H groups in total. The summed E-state index contributed by atoms with van der Waals surface area (Å²) in [4.78, 5) is 11.8. The van der Waals surface area contributed by atoms with Crippen LogP contribution >= 0.6 is 15.9 Å². The lowest BCUT2D eigenvalue weighted by Gasteiger charge is -2.39. The van der Waals surface area contributed by atoms with Crippen LogP contribution in [0.15, 0.2) is 64.2 Å². The summed E-state index contributed by atoms with van der Waals surface area (Å²) in [7, 11) is 1.80. The van der Waals surface area contributed by atoms with Gasteiger partial charge < -0.3 is 0 Å². The molecule has 1 atom stereocenters. The molecule has 1 heterocycles. The first-order valence-electron chi connectivity index (χ1n) is 7.25. The van der Waals surface area contributed by atoms with E-state index in [1.807, 2.05) is 59.6 Å². The summed E-state index contributed by atoms with van der Waals surface area (Å²) in [6.07, 6.45) is -0.196. The molecule has 6 heteroatoms. The minimum Gasteiger partial charge on any atom is -0.291 e. The Kier molecular flexibility index (Phi) is 4.45. The molecule has 2 aromatic rings. The Hall–Kier alpha value is -2.18. The van der Waals surface area contributed by atoms with Gasteiger partial charge in [-0.25, -0.2) is 10.4 Å². The highest BCUT2D eigenvalue weighted by Crippen LogP contribution is 2.29. The van der Waals surface area contributed by atoms with Crippen molar-refractivity contribution in [3.8, 4) is 0 Å². The van der Waals surface area contributed by atoms with Gasteiger partial charge in [0.25, 0.3) is 0 Å². The van der Waals surface area contributed by atoms with Gasteiger partial charge in [0.15, 0.2) is 5.78 Å². The van der Waals surface area contributed by atoms with E-state index in [2.05, 4.69) is 26.5 Å². The molecule has 0 spiro atoms. The number of carbonyl (C=O) groups is 1. The summed E-state index contributed by atoms with van der Waals surface area (Å²) < 4.78 is 1.02. The normalized spacial score (nSPS) is 17.9. The lowest BCUT2D eigenvalue weighted by atomic mass is 10.1. The summed E-state index contributed by atoms with van der Waals surface area (Å²) in [6, 6.07) is 17.8. The number of nitrogens with one attached hydrogen (secondary N) is 1. The van der Waals surface area contributed by atoms with Gasteiger partial charge in [0.1, 0.15) is 6.17 Å². The largest absolute Gasteiger partial charge is 0.291 e. The van der Waals surface area contributed by atoms with Gasteiger partial charge >= 0.3 is 0 Å². The molecular formula is C17H17BrN4O. The zero-order valence-corrected chi connectivity index (χ0v) is 14.5. The van der Waals surface area contributed by atoms with Gasteiger partial charge in [0, 0.05) is 18.4 Å². The number of hydrogen-bond donors (Lipinski definition) is 1. The van der Waals surface area contributed by atoms with E-state index >= 15 is 0 Å². The van der Waals surface area contributed by atoms with Gasteiger partial charge in [0.2, 0.25) is 5.84 Å². The number of benzene rings is 2. The topological polar surface area (TPSA) is 47.9 Å². The molecule has 1 aliphatic rings. The number of nitrogens with zero attached hydrogens (tertiary/aromatic N) is 3. The second-order valence-electron chi connectivity index (χ2n) is 5.30. The molecule has 0 saturated heterocycles. The van der Waals surface area contributed by atoms with Gasteiger partial charge in [-0.2, -0.15) is 0 Å². The van der Waals surface area contributed by atoms with Gasteiger partial charge in [-0.05, 0) is 29.8 Å². The number of Topliss-reactive ketones (excluding diaryl/α,β-unsaturated/α-hetero) is 1. The molecule has 0 bridgehead atoms. The number of amidine groups is 1. The van der Waals surface area contributed by atoms with Gasteiger partial charge in [0.05, 0.1) is 5.69 Å². The number of anilines is 1. The van der Waals surface area contributed by atoms with Crippen LogP contribution in [0.4, 0.5) is 5.69 Å². The van der Waals surface area contributed by atoms with E-state index in [9.17, 15) is 4.79 Å². The molecule has 0 aliphatic carbocycles. The molecule has 0 radical (unpaired) electrons. The maximum Gasteiger partial charge on any atom is 0.206 e. The Morgan fingerprint density at radius 3 is 2.39 bits per heavy atom. The van der Waals surface area contributed by atoms with E-state index in [0.717, 1.165) is 15.7 Å². The fraction of sp³-hybridized carbons (Fsp3) is 0.176. The third kappa shape index (κ3) is 3.28. The van der Waals surface area contributed by atoms with Gasteiger partial charge in [-0.3, -0.25) is 9.80 Å². The summed E-state index contributed by atoms with van der Waals surface area (Å²) in [5, 5.41) is 8.07. The van der Waals surface area contributed by atoms with Crippen molar-refractivity contribution in [3.63, 3.8) is 0 Å². The van der Waals surface area contributed by atoms with Crippen LogP contribution < -0.4 is 10.4 Å². The van der Waals surface area contributed by atoms with E-state index in [0.29, 0.717) is 5.84 Å². The molecule has 0 saturated carbocycles. The van der Waals surface area contributed by atoms with Crippen molar-refractivity contribution in [2.75, 3.05) is 12.1 Å². The quantitative estimate of drug-likeness (QED) is 0.897. The predicted octanol–water partition coefficient (Wildman–Crippen LogP) is 3.31. The highest BCUT2D eigenvalue weighted by Gasteiger charge is 2.30. The van der Waals surface area contributed by atoms with Crippen LogP contribution in [0.3, 0.4) is 0 Å². The summed E-state index contributed by atoms with van der Waals surface area (Å²) in [5.74, 6) is 0.289. The molecule has 118 valence electrons. The Balaban J connectivity index is 2.06. The Bertz CT molecular complexity index is 730. The van der Waals surface area contributed by atoms with E-state index in [1.165, 1.54) is 6.92 Å². The minimum atomic E-state index is -0.196. The SMILES string of the molecule is CC(=O)C1=NN(c2ccccc2)C(c2ccc(Br)cc2)NN1C. The van der Waals surface area contributed by atoms with Crippen LogP contribution in [0, 0.1) is 0 Å². The molecule has 3 rings (SSSR count). The molecule has 1 aliphatic heterocycles. The maximum absolute atomic E-state index is 11.8. The second kappa shape index (κ2) is 6.52. The minimum absolute atomic E-state index is 0.0878. The predicted molar refractivity (Wildman–Crippen MR) is 94.8 cm³/mol. The molecule has 0 aromatic heterocycles. The van der Waals surface area contributed by atoms with Crippen molar-refractivity contribution < 1.29 is 4.79 Å². The van der Waals surface area contributed by atoms with E-state index in [4.69, 9.17) is 0 Å². The zero-order chi connectivity index (χ0) is 16.4. The second-order valence-corrected chi connectivity index (χ2v) is 6.22. The van der Waals surface area contributed by atoms with Crippen molar-refractivity contribution in [1.29, 1.82) is 0 Å². The number of rotatable bonds is 3. The summed E-state index contributed by atoms with van der Waals surface area (Å²) >= 11 is 3.45. The fourth-order valence-corrected chi connectivity index (χ4v) is 2.75. The van der Waals surface area contributed by atoms with Gasteiger partial charge in [-0.15, -0.1) is 5.10 Å². The molecular weight excluding hydrogens is 356 g/mol. The average Bonchev–Trinajstić information content (AvgIpc) is 2.56.